The third-order valence-electron chi connectivity index (χ3n) is 3.86. The molecular formula is C16H23NO3. The number of ether oxygens (including phenoxy) is 1. The average Bonchev–Trinajstić information content (AvgIpc) is 2.42. The summed E-state index contributed by atoms with van der Waals surface area (Å²) in [6.45, 7) is 7.14. The van der Waals surface area contributed by atoms with Gasteiger partial charge in [0, 0.05) is 6.54 Å². The number of carboxylic acid groups (broad SMARTS) is 1. The predicted octanol–water partition coefficient (Wildman–Crippen LogP) is 2.70. The van der Waals surface area contributed by atoms with Gasteiger partial charge in [0.05, 0.1) is 0 Å². The summed E-state index contributed by atoms with van der Waals surface area (Å²) in [6.07, 6.45) is 2.34. The molecule has 4 heteroatoms. The van der Waals surface area contributed by atoms with Crippen molar-refractivity contribution in [2.24, 2.45) is 0 Å². The van der Waals surface area contributed by atoms with Gasteiger partial charge in [-0.05, 0) is 63.3 Å². The van der Waals surface area contributed by atoms with E-state index < -0.39 is 11.6 Å². The summed E-state index contributed by atoms with van der Waals surface area (Å²) in [7, 11) is 0. The quantitative estimate of drug-likeness (QED) is 0.888. The van der Waals surface area contributed by atoms with Gasteiger partial charge in [-0.2, -0.15) is 0 Å². The summed E-state index contributed by atoms with van der Waals surface area (Å²) in [4.78, 5) is 11.2. The molecule has 1 saturated heterocycles. The van der Waals surface area contributed by atoms with Crippen molar-refractivity contribution in [3.05, 3.63) is 29.3 Å². The van der Waals surface area contributed by atoms with Crippen molar-refractivity contribution in [2.75, 3.05) is 13.1 Å². The van der Waals surface area contributed by atoms with E-state index in [2.05, 4.69) is 11.4 Å². The molecule has 20 heavy (non-hydrogen) atoms. The summed E-state index contributed by atoms with van der Waals surface area (Å²) in [6, 6.07) is 6.13. The highest BCUT2D eigenvalue weighted by Crippen LogP contribution is 2.30. The fourth-order valence-corrected chi connectivity index (χ4v) is 2.44. The maximum Gasteiger partial charge on any atom is 0.347 e. The van der Waals surface area contributed by atoms with Gasteiger partial charge in [0.1, 0.15) is 5.75 Å². The zero-order chi connectivity index (χ0) is 14.8. The Hall–Kier alpha value is -1.55. The third-order valence-corrected chi connectivity index (χ3v) is 3.86. The molecule has 1 fully saturated rings. The van der Waals surface area contributed by atoms with Crippen molar-refractivity contribution in [3.63, 3.8) is 0 Å². The summed E-state index contributed by atoms with van der Waals surface area (Å²) in [5, 5.41) is 12.6. The summed E-state index contributed by atoms with van der Waals surface area (Å²) >= 11 is 0. The van der Waals surface area contributed by atoms with Crippen molar-refractivity contribution in [3.8, 4) is 5.75 Å². The Kier molecular flexibility index (Phi) is 4.33. The molecule has 0 amide bonds. The predicted molar refractivity (Wildman–Crippen MR) is 78.4 cm³/mol. The molecule has 1 heterocycles. The van der Waals surface area contributed by atoms with Crippen LogP contribution < -0.4 is 10.1 Å². The fourth-order valence-electron chi connectivity index (χ4n) is 2.44. The van der Waals surface area contributed by atoms with Crippen LogP contribution in [0.15, 0.2) is 18.2 Å². The number of nitrogens with one attached hydrogen (secondary N) is 1. The van der Waals surface area contributed by atoms with Crippen LogP contribution in [0.1, 0.15) is 43.7 Å². The number of aryl methyl sites for hydroxylation is 1. The first-order chi connectivity index (χ1) is 9.40. The molecule has 1 aliphatic heterocycles. The Labute approximate surface area is 120 Å². The normalized spacial score (nSPS) is 19.6. The van der Waals surface area contributed by atoms with Crippen molar-refractivity contribution < 1.29 is 14.6 Å². The van der Waals surface area contributed by atoms with Gasteiger partial charge in [-0.3, -0.25) is 0 Å². The van der Waals surface area contributed by atoms with Gasteiger partial charge in [-0.1, -0.05) is 12.1 Å². The average molecular weight is 277 g/mol. The van der Waals surface area contributed by atoms with E-state index in [4.69, 9.17) is 4.74 Å². The molecular weight excluding hydrogens is 254 g/mol. The Balaban J connectivity index is 2.22. The molecule has 110 valence electrons. The molecule has 1 aromatic rings. The first kappa shape index (κ1) is 14.9. The van der Waals surface area contributed by atoms with E-state index in [0.29, 0.717) is 11.7 Å². The number of benzene rings is 1. The van der Waals surface area contributed by atoms with Gasteiger partial charge in [-0.15, -0.1) is 0 Å². The van der Waals surface area contributed by atoms with E-state index in [0.717, 1.165) is 25.1 Å². The van der Waals surface area contributed by atoms with Crippen LogP contribution >= 0.6 is 0 Å². The number of rotatable bonds is 4. The van der Waals surface area contributed by atoms with Crippen molar-refractivity contribution in [1.82, 2.24) is 5.32 Å². The highest BCUT2D eigenvalue weighted by Gasteiger charge is 2.30. The number of aliphatic carboxylic acids is 1. The Bertz CT molecular complexity index is 490. The van der Waals surface area contributed by atoms with Crippen molar-refractivity contribution in [2.45, 2.75) is 45.1 Å². The first-order valence-corrected chi connectivity index (χ1v) is 7.14. The maximum atomic E-state index is 11.2. The van der Waals surface area contributed by atoms with Gasteiger partial charge in [0.2, 0.25) is 0 Å². The lowest BCUT2D eigenvalue weighted by Crippen LogP contribution is -2.38. The lowest BCUT2D eigenvalue weighted by molar-refractivity contribution is -0.152. The van der Waals surface area contributed by atoms with Gasteiger partial charge < -0.3 is 15.2 Å². The van der Waals surface area contributed by atoms with Crippen LogP contribution in [0.5, 0.6) is 5.75 Å². The molecule has 1 aliphatic rings. The third kappa shape index (κ3) is 3.31. The van der Waals surface area contributed by atoms with Gasteiger partial charge in [0.25, 0.3) is 0 Å². The molecule has 0 saturated carbocycles. The Morgan fingerprint density at radius 1 is 1.45 bits per heavy atom. The zero-order valence-electron chi connectivity index (χ0n) is 12.4. The number of carbonyl (C=O) groups is 1. The van der Waals surface area contributed by atoms with E-state index in [9.17, 15) is 9.90 Å². The minimum Gasteiger partial charge on any atom is -0.478 e. The number of piperidine rings is 1. The monoisotopic (exact) mass is 277 g/mol. The molecule has 2 rings (SSSR count). The Morgan fingerprint density at radius 2 is 2.20 bits per heavy atom. The highest BCUT2D eigenvalue weighted by molar-refractivity contribution is 5.76. The maximum absolute atomic E-state index is 11.2. The second kappa shape index (κ2) is 5.83. The molecule has 4 nitrogen and oxygen atoms in total. The zero-order valence-corrected chi connectivity index (χ0v) is 12.4. The molecule has 1 aromatic carbocycles. The van der Waals surface area contributed by atoms with E-state index in [1.165, 1.54) is 12.0 Å². The van der Waals surface area contributed by atoms with Crippen LogP contribution in [-0.4, -0.2) is 29.8 Å². The number of hydrogen-bond acceptors (Lipinski definition) is 3. The number of carboxylic acids is 1. The molecule has 0 aliphatic carbocycles. The molecule has 2 N–H and O–H groups in total. The van der Waals surface area contributed by atoms with E-state index in [1.807, 2.05) is 19.1 Å². The van der Waals surface area contributed by atoms with Crippen molar-refractivity contribution in [1.29, 1.82) is 0 Å². The largest absolute Gasteiger partial charge is 0.478 e. The first-order valence-electron chi connectivity index (χ1n) is 7.14. The second-order valence-electron chi connectivity index (χ2n) is 5.99. The van der Waals surface area contributed by atoms with Crippen LogP contribution in [0.4, 0.5) is 0 Å². The van der Waals surface area contributed by atoms with Crippen molar-refractivity contribution >= 4 is 5.97 Å². The van der Waals surface area contributed by atoms with Gasteiger partial charge >= 0.3 is 5.97 Å². The summed E-state index contributed by atoms with van der Waals surface area (Å²) in [5.74, 6) is 0.196. The standard InChI is InChI=1S/C16H23NO3/c1-11-6-7-12(13-5-4-8-17-10-13)9-14(11)20-16(2,3)15(18)19/h6-7,9,13,17H,4-5,8,10H2,1-3H3,(H,18,19)/t13-/m0/s1. The van der Waals surface area contributed by atoms with Gasteiger partial charge in [0.15, 0.2) is 5.60 Å². The minimum absolute atomic E-state index is 0.486. The second-order valence-corrected chi connectivity index (χ2v) is 5.99. The van der Waals surface area contributed by atoms with Crippen LogP contribution in [-0.2, 0) is 4.79 Å². The van der Waals surface area contributed by atoms with Crippen LogP contribution in [0, 0.1) is 6.92 Å². The fraction of sp³-hybridized carbons (Fsp3) is 0.562. The van der Waals surface area contributed by atoms with Crippen LogP contribution in [0.2, 0.25) is 0 Å². The van der Waals surface area contributed by atoms with Crippen LogP contribution in [0.25, 0.3) is 0 Å². The molecule has 1 atom stereocenters. The van der Waals surface area contributed by atoms with E-state index >= 15 is 0 Å². The minimum atomic E-state index is -1.21. The van der Waals surface area contributed by atoms with Crippen LogP contribution in [0.3, 0.4) is 0 Å². The molecule has 0 bridgehead atoms. The molecule has 0 unspecified atom stereocenters. The summed E-state index contributed by atoms with van der Waals surface area (Å²) < 4.78 is 5.71. The topological polar surface area (TPSA) is 58.6 Å². The Morgan fingerprint density at radius 3 is 2.80 bits per heavy atom. The smallest absolute Gasteiger partial charge is 0.347 e. The lowest BCUT2D eigenvalue weighted by atomic mass is 9.91. The molecule has 0 spiro atoms. The molecule has 0 aromatic heterocycles. The van der Waals surface area contributed by atoms with E-state index in [1.54, 1.807) is 13.8 Å². The summed E-state index contributed by atoms with van der Waals surface area (Å²) in [5.41, 5.74) is 0.972. The number of hydrogen-bond donors (Lipinski definition) is 2. The van der Waals surface area contributed by atoms with Gasteiger partial charge in [-0.25, -0.2) is 4.79 Å². The molecule has 0 radical (unpaired) electrons. The lowest BCUT2D eigenvalue weighted by Gasteiger charge is -2.26. The highest BCUT2D eigenvalue weighted by atomic mass is 16.5. The van der Waals surface area contributed by atoms with E-state index in [-0.39, 0.29) is 0 Å². The SMILES string of the molecule is Cc1ccc([C@H]2CCCNC2)cc1OC(C)(C)C(=O)O.